The molecule has 0 radical (unpaired) electrons. The van der Waals surface area contributed by atoms with E-state index in [-0.39, 0.29) is 24.5 Å². The van der Waals surface area contributed by atoms with Gasteiger partial charge in [0, 0.05) is 18.7 Å². The molecule has 11 nitrogen and oxygen atoms in total. The molecule has 2 amide bonds. The Morgan fingerprint density at radius 1 is 1.34 bits per heavy atom. The van der Waals surface area contributed by atoms with Crippen LogP contribution in [-0.4, -0.2) is 76.2 Å². The normalized spacial score (nSPS) is 24.4. The number of nitrogens with two attached hydrogens (primary N) is 1. The molecule has 1 aliphatic carbocycles. The number of nitrogens with one attached hydrogen (secondary N) is 1. The number of nitrogens with zero attached hydrogens (tertiary/aromatic N) is 4. The van der Waals surface area contributed by atoms with Crippen molar-refractivity contribution in [2.24, 2.45) is 5.73 Å². The summed E-state index contributed by atoms with van der Waals surface area (Å²) in [5.74, 6) is 0.619. The maximum atomic E-state index is 13.0. The molecule has 0 unspecified atom stereocenters. The smallest absolute Gasteiger partial charge is 0.251 e. The van der Waals surface area contributed by atoms with E-state index in [0.29, 0.717) is 61.8 Å². The van der Waals surface area contributed by atoms with Gasteiger partial charge in [0.1, 0.15) is 12.3 Å². The fourth-order valence-corrected chi connectivity index (χ4v) is 4.05. The highest BCUT2D eigenvalue weighted by Gasteiger charge is 2.51. The van der Waals surface area contributed by atoms with Crippen molar-refractivity contribution in [3.63, 3.8) is 0 Å². The number of ether oxygens (including phenoxy) is 3. The quantitative estimate of drug-likeness (QED) is 0.647. The first-order valence-corrected chi connectivity index (χ1v) is 10.7. The minimum atomic E-state index is -0.772. The van der Waals surface area contributed by atoms with Crippen LogP contribution in [0.3, 0.4) is 0 Å². The van der Waals surface area contributed by atoms with Gasteiger partial charge < -0.3 is 30.2 Å². The van der Waals surface area contributed by atoms with Crippen molar-refractivity contribution >= 4 is 11.8 Å². The maximum Gasteiger partial charge on any atom is 0.251 e. The van der Waals surface area contributed by atoms with Crippen LogP contribution in [-0.2, 0) is 22.7 Å². The van der Waals surface area contributed by atoms with E-state index in [1.165, 1.54) is 0 Å². The topological polar surface area (TPSA) is 134 Å². The van der Waals surface area contributed by atoms with Crippen molar-refractivity contribution in [1.29, 1.82) is 0 Å². The number of methoxy groups -OCH3 is 1. The second kappa shape index (κ2) is 8.06. The molecule has 1 saturated carbocycles. The molecule has 3 N–H and O–H groups in total. The first-order chi connectivity index (χ1) is 15.4. The highest BCUT2D eigenvalue weighted by molar-refractivity contribution is 5.95. The van der Waals surface area contributed by atoms with E-state index in [1.54, 1.807) is 41.1 Å². The molecule has 1 aromatic carbocycles. The van der Waals surface area contributed by atoms with Crippen LogP contribution < -0.4 is 20.5 Å². The van der Waals surface area contributed by atoms with Gasteiger partial charge in [-0.2, -0.15) is 0 Å². The summed E-state index contributed by atoms with van der Waals surface area (Å²) in [5, 5.41) is 11.3. The Labute approximate surface area is 184 Å². The first-order valence-electron chi connectivity index (χ1n) is 10.7. The largest absolute Gasteiger partial charge is 0.493 e. The lowest BCUT2D eigenvalue weighted by Crippen LogP contribution is -2.46. The third-order valence-electron chi connectivity index (χ3n) is 6.12. The number of aromatic nitrogens is 3. The van der Waals surface area contributed by atoms with Gasteiger partial charge in [-0.05, 0) is 31.0 Å². The van der Waals surface area contributed by atoms with Gasteiger partial charge in [0.2, 0.25) is 5.91 Å². The standard InChI is InChI=1S/C21H26N6O5/c1-30-16-3-2-13-8-17(16)31-7-6-27-9-14(24-25-27)12-32-18-11-26(10-15(18)23-19(13)28)20(29)21(22)4-5-21/h2-3,8-9,15,18H,4-7,10-12,22H2,1H3,(H,23,28)/t15-,18-/m0/s1. The van der Waals surface area contributed by atoms with E-state index in [1.807, 2.05) is 0 Å². The zero-order valence-electron chi connectivity index (χ0n) is 17.8. The van der Waals surface area contributed by atoms with Crippen LogP contribution in [0.15, 0.2) is 24.4 Å². The molecular weight excluding hydrogens is 416 g/mol. The molecule has 5 rings (SSSR count). The fourth-order valence-electron chi connectivity index (χ4n) is 4.05. The lowest BCUT2D eigenvalue weighted by molar-refractivity contribution is -0.133. The molecule has 32 heavy (non-hydrogen) atoms. The number of hydrogen-bond donors (Lipinski definition) is 2. The van der Waals surface area contributed by atoms with Crippen LogP contribution in [0.5, 0.6) is 11.5 Å². The van der Waals surface area contributed by atoms with Crippen LogP contribution in [0.25, 0.3) is 0 Å². The molecule has 1 saturated heterocycles. The lowest BCUT2D eigenvalue weighted by Gasteiger charge is -2.20. The minimum absolute atomic E-state index is 0.0941. The molecule has 2 fully saturated rings. The van der Waals surface area contributed by atoms with E-state index < -0.39 is 11.6 Å². The average Bonchev–Trinajstić information content (AvgIpc) is 3.20. The zero-order valence-corrected chi connectivity index (χ0v) is 17.8. The number of carbonyl (C=O) groups is 2. The third-order valence-corrected chi connectivity index (χ3v) is 6.12. The van der Waals surface area contributed by atoms with E-state index in [2.05, 4.69) is 15.6 Å². The summed E-state index contributed by atoms with van der Waals surface area (Å²) in [6, 6.07) is 4.63. The fraction of sp³-hybridized carbons (Fsp3) is 0.524. The van der Waals surface area contributed by atoms with Gasteiger partial charge in [0.15, 0.2) is 11.5 Å². The highest BCUT2D eigenvalue weighted by Crippen LogP contribution is 2.35. The van der Waals surface area contributed by atoms with Gasteiger partial charge in [-0.25, -0.2) is 4.68 Å². The van der Waals surface area contributed by atoms with Gasteiger partial charge in [-0.15, -0.1) is 5.10 Å². The monoisotopic (exact) mass is 442 g/mol. The van der Waals surface area contributed by atoms with E-state index >= 15 is 0 Å². The number of fused-ring (bicyclic) bond motifs is 5. The second-order valence-electron chi connectivity index (χ2n) is 8.48. The van der Waals surface area contributed by atoms with E-state index in [0.717, 1.165) is 0 Å². The summed E-state index contributed by atoms with van der Waals surface area (Å²) < 4.78 is 19.0. The van der Waals surface area contributed by atoms with Gasteiger partial charge in [0.05, 0.1) is 44.1 Å². The van der Waals surface area contributed by atoms with Crippen LogP contribution >= 0.6 is 0 Å². The zero-order chi connectivity index (χ0) is 22.3. The summed E-state index contributed by atoms with van der Waals surface area (Å²) in [7, 11) is 1.55. The van der Waals surface area contributed by atoms with Crippen molar-refractivity contribution in [1.82, 2.24) is 25.2 Å². The summed E-state index contributed by atoms with van der Waals surface area (Å²) >= 11 is 0. The molecule has 2 aliphatic heterocycles. The van der Waals surface area contributed by atoms with E-state index in [4.69, 9.17) is 19.9 Å². The van der Waals surface area contributed by atoms with E-state index in [9.17, 15) is 9.59 Å². The Morgan fingerprint density at radius 2 is 2.19 bits per heavy atom. The summed E-state index contributed by atoms with van der Waals surface area (Å²) in [6.07, 6.45) is 2.77. The van der Waals surface area contributed by atoms with Gasteiger partial charge in [-0.3, -0.25) is 9.59 Å². The Kier molecular flexibility index (Phi) is 5.22. The molecule has 3 heterocycles. The summed E-state index contributed by atoms with van der Waals surface area (Å²) in [4.78, 5) is 27.5. The molecule has 1 aromatic heterocycles. The van der Waals surface area contributed by atoms with Crippen molar-refractivity contribution in [3.8, 4) is 11.5 Å². The molecular formula is C21H26N6O5. The summed E-state index contributed by atoms with van der Waals surface area (Å²) in [6.45, 7) is 1.71. The molecule has 2 atom stereocenters. The Balaban J connectivity index is 1.42. The lowest BCUT2D eigenvalue weighted by atomic mass is 10.1. The molecule has 2 aromatic rings. The summed E-state index contributed by atoms with van der Waals surface area (Å²) in [5.41, 5.74) is 6.44. The van der Waals surface area contributed by atoms with Crippen molar-refractivity contribution in [2.75, 3.05) is 26.8 Å². The molecule has 170 valence electrons. The molecule has 4 bridgehead atoms. The Morgan fingerprint density at radius 3 is 2.97 bits per heavy atom. The van der Waals surface area contributed by atoms with Crippen molar-refractivity contribution < 1.29 is 23.8 Å². The van der Waals surface area contributed by atoms with Crippen LogP contribution in [0.4, 0.5) is 0 Å². The number of amides is 2. The van der Waals surface area contributed by atoms with Crippen molar-refractivity contribution in [3.05, 3.63) is 35.7 Å². The average molecular weight is 442 g/mol. The number of rotatable bonds is 2. The molecule has 0 spiro atoms. The van der Waals surface area contributed by atoms with Crippen LogP contribution in [0.1, 0.15) is 28.9 Å². The number of benzene rings is 1. The second-order valence-corrected chi connectivity index (χ2v) is 8.48. The van der Waals surface area contributed by atoms with Crippen molar-refractivity contribution in [2.45, 2.75) is 43.7 Å². The predicted molar refractivity (Wildman–Crippen MR) is 111 cm³/mol. The maximum absolute atomic E-state index is 13.0. The molecule has 3 aliphatic rings. The van der Waals surface area contributed by atoms with Gasteiger partial charge >= 0.3 is 0 Å². The van der Waals surface area contributed by atoms with Gasteiger partial charge in [-0.1, -0.05) is 5.21 Å². The predicted octanol–water partition coefficient (Wildman–Crippen LogP) is -0.304. The Bertz CT molecular complexity index is 1040. The van der Waals surface area contributed by atoms with Crippen LogP contribution in [0, 0.1) is 0 Å². The van der Waals surface area contributed by atoms with Gasteiger partial charge in [0.25, 0.3) is 5.91 Å². The SMILES string of the molecule is COc1ccc2cc1OCCn1cc(nn1)CO[C@H]1CN(C(=O)C3(N)CC3)C[C@@H]1NC2=O. The number of likely N-dealkylation sites (tertiary alicyclic amines) is 1. The molecule has 11 heteroatoms. The number of carbonyl (C=O) groups excluding carboxylic acids is 2. The van der Waals surface area contributed by atoms with Crippen LogP contribution in [0.2, 0.25) is 0 Å². The third kappa shape index (κ3) is 4.00. The number of hydrogen-bond acceptors (Lipinski definition) is 8. The Hall–Kier alpha value is -3.18. The highest BCUT2D eigenvalue weighted by atomic mass is 16.5. The first kappa shape index (κ1) is 20.7. The minimum Gasteiger partial charge on any atom is -0.493 e.